The summed E-state index contributed by atoms with van der Waals surface area (Å²) in [5, 5.41) is 22.0. The van der Waals surface area contributed by atoms with Crippen LogP contribution in [0.3, 0.4) is 0 Å². The van der Waals surface area contributed by atoms with Crippen molar-refractivity contribution in [2.75, 3.05) is 13.7 Å². The topological polar surface area (TPSA) is 119 Å². The molecule has 0 aliphatic heterocycles. The van der Waals surface area contributed by atoms with Crippen molar-refractivity contribution >= 4 is 17.6 Å². The number of amides is 1. The van der Waals surface area contributed by atoms with Crippen LogP contribution in [-0.2, 0) is 4.79 Å². The molecule has 1 aromatic carbocycles. The number of carboxylic acid groups (broad SMARTS) is 1. The zero-order valence-corrected chi connectivity index (χ0v) is 11.7. The van der Waals surface area contributed by atoms with Gasteiger partial charge in [-0.05, 0) is 19.4 Å². The Labute approximate surface area is 120 Å². The Bertz CT molecular complexity index is 570. The standard InChI is InChI=1S/C13H16N2O6/c1-8-10(15(19)20)6-9(7-11(8)21-2)13(18)14-5-3-4-12(16)17/h6-7H,3-5H2,1-2H3,(H,14,18)(H,16,17). The van der Waals surface area contributed by atoms with Crippen molar-refractivity contribution in [3.63, 3.8) is 0 Å². The molecule has 0 unspecified atom stereocenters. The Morgan fingerprint density at radius 3 is 2.62 bits per heavy atom. The van der Waals surface area contributed by atoms with Crippen molar-refractivity contribution in [2.45, 2.75) is 19.8 Å². The average molecular weight is 296 g/mol. The molecule has 0 aromatic heterocycles. The molecule has 1 amide bonds. The van der Waals surface area contributed by atoms with Crippen LogP contribution < -0.4 is 10.1 Å². The van der Waals surface area contributed by atoms with E-state index in [1.807, 2.05) is 0 Å². The molecule has 114 valence electrons. The van der Waals surface area contributed by atoms with Crippen molar-refractivity contribution in [1.82, 2.24) is 5.32 Å². The summed E-state index contributed by atoms with van der Waals surface area (Å²) in [4.78, 5) is 32.6. The van der Waals surface area contributed by atoms with Crippen molar-refractivity contribution in [2.24, 2.45) is 0 Å². The first-order chi connectivity index (χ1) is 9.86. The third-order valence-corrected chi connectivity index (χ3v) is 2.86. The van der Waals surface area contributed by atoms with E-state index in [4.69, 9.17) is 9.84 Å². The largest absolute Gasteiger partial charge is 0.496 e. The maximum Gasteiger partial charge on any atom is 0.303 e. The molecule has 0 spiro atoms. The van der Waals surface area contributed by atoms with Gasteiger partial charge in [-0.3, -0.25) is 19.7 Å². The van der Waals surface area contributed by atoms with E-state index >= 15 is 0 Å². The molecule has 0 radical (unpaired) electrons. The third kappa shape index (κ3) is 4.44. The van der Waals surface area contributed by atoms with E-state index in [0.29, 0.717) is 5.56 Å². The number of benzene rings is 1. The molecule has 0 heterocycles. The van der Waals surface area contributed by atoms with Gasteiger partial charge in [-0.1, -0.05) is 0 Å². The van der Waals surface area contributed by atoms with E-state index in [1.165, 1.54) is 26.2 Å². The minimum Gasteiger partial charge on any atom is -0.496 e. The van der Waals surface area contributed by atoms with Gasteiger partial charge in [-0.25, -0.2) is 0 Å². The zero-order chi connectivity index (χ0) is 16.0. The maximum absolute atomic E-state index is 11.9. The Balaban J connectivity index is 2.86. The highest BCUT2D eigenvalue weighted by Gasteiger charge is 2.19. The molecule has 8 nitrogen and oxygen atoms in total. The van der Waals surface area contributed by atoms with Crippen LogP contribution in [0.2, 0.25) is 0 Å². The number of carbonyl (C=O) groups excluding carboxylic acids is 1. The van der Waals surface area contributed by atoms with Crippen LogP contribution in [0.4, 0.5) is 5.69 Å². The highest BCUT2D eigenvalue weighted by Crippen LogP contribution is 2.29. The Hall–Kier alpha value is -2.64. The normalized spacial score (nSPS) is 10.0. The number of hydrogen-bond acceptors (Lipinski definition) is 5. The van der Waals surface area contributed by atoms with Gasteiger partial charge in [0.05, 0.1) is 17.6 Å². The lowest BCUT2D eigenvalue weighted by molar-refractivity contribution is -0.385. The predicted molar refractivity (Wildman–Crippen MR) is 73.6 cm³/mol. The number of ether oxygens (including phenoxy) is 1. The summed E-state index contributed by atoms with van der Waals surface area (Å²) in [6.07, 6.45) is 0.226. The van der Waals surface area contributed by atoms with E-state index < -0.39 is 16.8 Å². The number of methoxy groups -OCH3 is 1. The van der Waals surface area contributed by atoms with Gasteiger partial charge in [0.1, 0.15) is 5.75 Å². The van der Waals surface area contributed by atoms with Crippen LogP contribution in [0.15, 0.2) is 12.1 Å². The summed E-state index contributed by atoms with van der Waals surface area (Å²) in [6.45, 7) is 1.71. The summed E-state index contributed by atoms with van der Waals surface area (Å²) in [6, 6.07) is 2.58. The van der Waals surface area contributed by atoms with Gasteiger partial charge in [-0.15, -0.1) is 0 Å². The number of nitro benzene ring substituents is 1. The van der Waals surface area contributed by atoms with Crippen molar-refractivity contribution in [3.05, 3.63) is 33.4 Å². The summed E-state index contributed by atoms with van der Waals surface area (Å²) in [5.74, 6) is -1.21. The van der Waals surface area contributed by atoms with Crippen LogP contribution in [-0.4, -0.2) is 35.6 Å². The first-order valence-corrected chi connectivity index (χ1v) is 6.19. The number of nitrogens with one attached hydrogen (secondary N) is 1. The van der Waals surface area contributed by atoms with Crippen molar-refractivity contribution < 1.29 is 24.4 Å². The van der Waals surface area contributed by atoms with E-state index in [2.05, 4.69) is 5.32 Å². The minimum absolute atomic E-state index is 0.0579. The molecule has 0 aliphatic rings. The molecule has 2 N–H and O–H groups in total. The lowest BCUT2D eigenvalue weighted by Crippen LogP contribution is -2.25. The molecule has 0 aliphatic carbocycles. The van der Waals surface area contributed by atoms with Crippen molar-refractivity contribution in [3.8, 4) is 5.75 Å². The smallest absolute Gasteiger partial charge is 0.303 e. The lowest BCUT2D eigenvalue weighted by Gasteiger charge is -2.09. The average Bonchev–Trinajstić information content (AvgIpc) is 2.43. The molecule has 0 saturated carbocycles. The molecule has 0 bridgehead atoms. The van der Waals surface area contributed by atoms with Gasteiger partial charge in [0.2, 0.25) is 0 Å². The van der Waals surface area contributed by atoms with Crippen LogP contribution in [0.1, 0.15) is 28.8 Å². The number of rotatable bonds is 7. The molecule has 0 saturated heterocycles. The maximum atomic E-state index is 11.9. The summed E-state index contributed by atoms with van der Waals surface area (Å²) >= 11 is 0. The number of hydrogen-bond donors (Lipinski definition) is 2. The van der Waals surface area contributed by atoms with Crippen LogP contribution in [0.25, 0.3) is 0 Å². The fourth-order valence-electron chi connectivity index (χ4n) is 1.75. The molecule has 0 fully saturated rings. The fraction of sp³-hybridized carbons (Fsp3) is 0.385. The van der Waals surface area contributed by atoms with Crippen LogP contribution >= 0.6 is 0 Å². The molecule has 21 heavy (non-hydrogen) atoms. The molecule has 1 aromatic rings. The van der Waals surface area contributed by atoms with Gasteiger partial charge in [0.15, 0.2) is 0 Å². The van der Waals surface area contributed by atoms with Crippen LogP contribution in [0, 0.1) is 17.0 Å². The number of carboxylic acids is 1. The zero-order valence-electron chi connectivity index (χ0n) is 11.7. The second kappa shape index (κ2) is 7.22. The van der Waals surface area contributed by atoms with Gasteiger partial charge >= 0.3 is 5.97 Å². The number of nitro groups is 1. The number of nitrogens with zero attached hydrogens (tertiary/aromatic N) is 1. The fourth-order valence-corrected chi connectivity index (χ4v) is 1.75. The van der Waals surface area contributed by atoms with Gasteiger partial charge < -0.3 is 15.2 Å². The quantitative estimate of drug-likeness (QED) is 0.447. The first-order valence-electron chi connectivity index (χ1n) is 6.19. The first kappa shape index (κ1) is 16.4. The van der Waals surface area contributed by atoms with E-state index in [-0.39, 0.29) is 36.4 Å². The van der Waals surface area contributed by atoms with E-state index in [9.17, 15) is 19.7 Å². The number of aliphatic carboxylic acids is 1. The second-order valence-electron chi connectivity index (χ2n) is 4.33. The number of carbonyl (C=O) groups is 2. The van der Waals surface area contributed by atoms with Gasteiger partial charge in [0, 0.05) is 24.6 Å². The minimum atomic E-state index is -0.947. The Kier molecular flexibility index (Phi) is 5.65. The second-order valence-corrected chi connectivity index (χ2v) is 4.33. The van der Waals surface area contributed by atoms with Crippen LogP contribution in [0.5, 0.6) is 5.75 Å². The molecule has 8 heteroatoms. The highest BCUT2D eigenvalue weighted by molar-refractivity contribution is 5.95. The van der Waals surface area contributed by atoms with E-state index in [1.54, 1.807) is 0 Å². The van der Waals surface area contributed by atoms with Gasteiger partial charge in [0.25, 0.3) is 11.6 Å². The van der Waals surface area contributed by atoms with Crippen molar-refractivity contribution in [1.29, 1.82) is 0 Å². The predicted octanol–water partition coefficient (Wildman–Crippen LogP) is 1.51. The van der Waals surface area contributed by atoms with Gasteiger partial charge in [-0.2, -0.15) is 0 Å². The molecular weight excluding hydrogens is 280 g/mol. The monoisotopic (exact) mass is 296 g/mol. The third-order valence-electron chi connectivity index (χ3n) is 2.86. The lowest BCUT2D eigenvalue weighted by atomic mass is 10.1. The Morgan fingerprint density at radius 2 is 2.10 bits per heavy atom. The summed E-state index contributed by atoms with van der Waals surface area (Å²) in [5.41, 5.74) is 0.231. The van der Waals surface area contributed by atoms with E-state index in [0.717, 1.165) is 0 Å². The molecule has 0 atom stereocenters. The summed E-state index contributed by atoms with van der Waals surface area (Å²) in [7, 11) is 1.36. The highest BCUT2D eigenvalue weighted by atomic mass is 16.6. The molecule has 1 rings (SSSR count). The SMILES string of the molecule is COc1cc(C(=O)NCCCC(=O)O)cc([N+](=O)[O-])c1C. The molecular formula is C13H16N2O6. The Morgan fingerprint density at radius 1 is 1.43 bits per heavy atom. The summed E-state index contributed by atoms with van der Waals surface area (Å²) < 4.78 is 5.02.